The summed E-state index contributed by atoms with van der Waals surface area (Å²) in [4.78, 5) is 44.1. The van der Waals surface area contributed by atoms with Crippen LogP contribution < -0.4 is 10.2 Å². The van der Waals surface area contributed by atoms with Crippen molar-refractivity contribution in [2.45, 2.75) is 6.42 Å². The Morgan fingerprint density at radius 3 is 2.33 bits per heavy atom. The van der Waals surface area contributed by atoms with Crippen molar-refractivity contribution in [3.05, 3.63) is 35.4 Å². The quantitative estimate of drug-likeness (QED) is 0.585. The van der Waals surface area contributed by atoms with Crippen LogP contribution in [0, 0.1) is 23.7 Å². The van der Waals surface area contributed by atoms with E-state index in [9.17, 15) is 14.4 Å². The van der Waals surface area contributed by atoms with Crippen molar-refractivity contribution in [2.75, 3.05) is 50.0 Å². The number of imide groups is 1. The molecule has 2 bridgehead atoms. The Bertz CT molecular complexity index is 910. The van der Waals surface area contributed by atoms with Gasteiger partial charge in [0.15, 0.2) is 0 Å². The molecule has 3 fully saturated rings. The molecule has 158 valence electrons. The van der Waals surface area contributed by atoms with Gasteiger partial charge >= 0.3 is 0 Å². The molecule has 1 aromatic rings. The summed E-state index contributed by atoms with van der Waals surface area (Å²) in [5.74, 6) is -1.08. The van der Waals surface area contributed by atoms with Crippen LogP contribution in [0.2, 0.25) is 5.02 Å². The van der Waals surface area contributed by atoms with E-state index in [2.05, 4.69) is 34.3 Å². The first-order valence-corrected chi connectivity index (χ1v) is 10.9. The highest BCUT2D eigenvalue weighted by Crippen LogP contribution is 2.52. The zero-order chi connectivity index (χ0) is 21.0. The van der Waals surface area contributed by atoms with Gasteiger partial charge in [-0.25, -0.2) is 0 Å². The predicted octanol–water partition coefficient (Wildman–Crippen LogP) is 1.84. The van der Waals surface area contributed by atoms with Gasteiger partial charge in [-0.15, -0.1) is 0 Å². The number of nitrogens with one attached hydrogen (secondary N) is 1. The standard InChI is InChI=1S/C22H25ClN4O3/c1-25-6-8-26(9-7-25)17-5-4-15(23)11-16(17)24-18(28)12-27-21(29)19-13-2-3-14(10-13)20(19)22(27)30/h2-5,11,13-14,19-20H,6-10,12H2,1H3,(H,24,28)/t13-,14-,19-,20-/m0/s1. The smallest absolute Gasteiger partial charge is 0.244 e. The van der Waals surface area contributed by atoms with Gasteiger partial charge in [-0.3, -0.25) is 19.3 Å². The maximum atomic E-state index is 12.8. The van der Waals surface area contributed by atoms with Gasteiger partial charge in [0.1, 0.15) is 6.54 Å². The van der Waals surface area contributed by atoms with Crippen LogP contribution in [0.4, 0.5) is 11.4 Å². The number of benzene rings is 1. The number of piperazine rings is 1. The number of likely N-dealkylation sites (tertiary alicyclic amines) is 1. The van der Waals surface area contributed by atoms with E-state index in [1.165, 1.54) is 0 Å². The van der Waals surface area contributed by atoms with E-state index in [0.29, 0.717) is 10.7 Å². The van der Waals surface area contributed by atoms with Gasteiger partial charge in [0.05, 0.1) is 23.2 Å². The van der Waals surface area contributed by atoms with E-state index in [0.717, 1.165) is 43.2 Å². The molecule has 0 aromatic heterocycles. The molecule has 1 N–H and O–H groups in total. The fourth-order valence-electron chi connectivity index (χ4n) is 5.38. The Morgan fingerprint density at radius 1 is 1.07 bits per heavy atom. The molecule has 1 aromatic carbocycles. The third-order valence-corrected chi connectivity index (χ3v) is 7.18. The Labute approximate surface area is 180 Å². The molecule has 8 heteroatoms. The van der Waals surface area contributed by atoms with Gasteiger partial charge < -0.3 is 15.1 Å². The van der Waals surface area contributed by atoms with Crippen LogP contribution in [0.15, 0.2) is 30.4 Å². The van der Waals surface area contributed by atoms with Gasteiger partial charge in [0, 0.05) is 31.2 Å². The van der Waals surface area contributed by atoms with Crippen LogP contribution in [0.25, 0.3) is 0 Å². The van der Waals surface area contributed by atoms with Gasteiger partial charge in [-0.05, 0) is 43.5 Å². The Kier molecular flexibility index (Phi) is 4.82. The number of rotatable bonds is 4. The number of hydrogen-bond donors (Lipinski definition) is 1. The molecule has 30 heavy (non-hydrogen) atoms. The first kappa shape index (κ1) is 19.6. The minimum absolute atomic E-state index is 0.140. The summed E-state index contributed by atoms with van der Waals surface area (Å²) in [7, 11) is 2.09. The van der Waals surface area contributed by atoms with Gasteiger partial charge in [0.2, 0.25) is 17.7 Å². The fourth-order valence-corrected chi connectivity index (χ4v) is 5.56. The lowest BCUT2D eigenvalue weighted by Gasteiger charge is -2.35. The van der Waals surface area contributed by atoms with Crippen molar-refractivity contribution < 1.29 is 14.4 Å². The molecule has 0 radical (unpaired) electrons. The fraction of sp³-hybridized carbons (Fsp3) is 0.500. The molecule has 2 aliphatic heterocycles. The zero-order valence-electron chi connectivity index (χ0n) is 16.9. The lowest BCUT2D eigenvalue weighted by molar-refractivity contribution is -0.143. The lowest BCUT2D eigenvalue weighted by Crippen LogP contribution is -2.45. The number of allylic oxidation sites excluding steroid dienone is 2. The number of likely N-dealkylation sites (N-methyl/N-ethyl adjacent to an activating group) is 1. The average molecular weight is 429 g/mol. The molecule has 3 amide bonds. The van der Waals surface area contributed by atoms with Crippen molar-refractivity contribution in [1.82, 2.24) is 9.80 Å². The van der Waals surface area contributed by atoms with Crippen molar-refractivity contribution in [2.24, 2.45) is 23.7 Å². The molecule has 4 aliphatic rings. The molecule has 2 saturated heterocycles. The van der Waals surface area contributed by atoms with E-state index in [4.69, 9.17) is 11.6 Å². The Balaban J connectivity index is 1.30. The minimum Gasteiger partial charge on any atom is -0.367 e. The van der Waals surface area contributed by atoms with Crippen molar-refractivity contribution in [3.63, 3.8) is 0 Å². The second-order valence-electron chi connectivity index (χ2n) is 8.76. The highest BCUT2D eigenvalue weighted by Gasteiger charge is 2.59. The summed E-state index contributed by atoms with van der Waals surface area (Å²) in [5, 5.41) is 3.41. The molecule has 1 saturated carbocycles. The van der Waals surface area contributed by atoms with Crippen molar-refractivity contribution in [3.8, 4) is 0 Å². The van der Waals surface area contributed by atoms with E-state index in [1.807, 2.05) is 12.1 Å². The molecule has 7 nitrogen and oxygen atoms in total. The maximum absolute atomic E-state index is 12.8. The molecular weight excluding hydrogens is 404 g/mol. The molecular formula is C22H25ClN4O3. The van der Waals surface area contributed by atoms with Crippen LogP contribution >= 0.6 is 11.6 Å². The van der Waals surface area contributed by atoms with Crippen molar-refractivity contribution >= 4 is 40.7 Å². The van der Waals surface area contributed by atoms with Gasteiger partial charge in [-0.1, -0.05) is 23.8 Å². The third-order valence-electron chi connectivity index (χ3n) is 6.94. The minimum atomic E-state index is -0.380. The number of carbonyl (C=O) groups is 3. The predicted molar refractivity (Wildman–Crippen MR) is 114 cm³/mol. The molecule has 0 spiro atoms. The normalized spacial score (nSPS) is 30.3. The van der Waals surface area contributed by atoms with Crippen molar-refractivity contribution in [1.29, 1.82) is 0 Å². The van der Waals surface area contributed by atoms with Gasteiger partial charge in [0.25, 0.3) is 0 Å². The number of halogens is 1. The molecule has 2 heterocycles. The van der Waals surface area contributed by atoms with Crippen LogP contribution in [0.3, 0.4) is 0 Å². The SMILES string of the molecule is CN1CCN(c2ccc(Cl)cc2NC(=O)CN2C(=O)[C@@H]3[C@@H](C2=O)[C@H]2C=C[C@H]3C2)CC1. The second-order valence-corrected chi connectivity index (χ2v) is 9.20. The summed E-state index contributed by atoms with van der Waals surface area (Å²) in [5.41, 5.74) is 1.51. The summed E-state index contributed by atoms with van der Waals surface area (Å²) >= 11 is 6.18. The average Bonchev–Trinajstić information content (AvgIpc) is 3.39. The highest BCUT2D eigenvalue weighted by molar-refractivity contribution is 6.31. The van der Waals surface area contributed by atoms with E-state index < -0.39 is 0 Å². The van der Waals surface area contributed by atoms with Crippen LogP contribution in [-0.4, -0.2) is 67.3 Å². The number of carbonyl (C=O) groups excluding carboxylic acids is 3. The number of anilines is 2. The number of fused-ring (bicyclic) bond motifs is 5. The van der Waals surface area contributed by atoms with E-state index in [-0.39, 0.29) is 47.9 Å². The van der Waals surface area contributed by atoms with Crippen LogP contribution in [-0.2, 0) is 14.4 Å². The maximum Gasteiger partial charge on any atom is 0.244 e. The monoisotopic (exact) mass is 428 g/mol. The first-order valence-electron chi connectivity index (χ1n) is 10.5. The summed E-state index contributed by atoms with van der Waals surface area (Å²) in [6.45, 7) is 3.32. The summed E-state index contributed by atoms with van der Waals surface area (Å²) < 4.78 is 0. The first-order chi connectivity index (χ1) is 14.4. The van der Waals surface area contributed by atoms with Crippen LogP contribution in [0.5, 0.6) is 0 Å². The third kappa shape index (κ3) is 3.20. The van der Waals surface area contributed by atoms with Gasteiger partial charge in [-0.2, -0.15) is 0 Å². The zero-order valence-corrected chi connectivity index (χ0v) is 17.6. The number of nitrogens with zero attached hydrogens (tertiary/aromatic N) is 3. The molecule has 5 rings (SSSR count). The second kappa shape index (κ2) is 7.39. The lowest BCUT2D eigenvalue weighted by atomic mass is 9.85. The van der Waals surface area contributed by atoms with E-state index >= 15 is 0 Å². The van der Waals surface area contributed by atoms with Crippen LogP contribution in [0.1, 0.15) is 6.42 Å². The topological polar surface area (TPSA) is 73.0 Å². The summed E-state index contributed by atoms with van der Waals surface area (Å²) in [6, 6.07) is 5.44. The van der Waals surface area contributed by atoms with E-state index in [1.54, 1.807) is 6.07 Å². The Morgan fingerprint density at radius 2 is 1.70 bits per heavy atom. The Hall–Kier alpha value is -2.38. The number of amides is 3. The molecule has 2 aliphatic carbocycles. The number of hydrogen-bond acceptors (Lipinski definition) is 5. The largest absolute Gasteiger partial charge is 0.367 e. The highest BCUT2D eigenvalue weighted by atomic mass is 35.5. The summed E-state index contributed by atoms with van der Waals surface area (Å²) in [6.07, 6.45) is 4.98. The molecule has 0 unspecified atom stereocenters. The molecule has 4 atom stereocenters.